The highest BCUT2D eigenvalue weighted by Gasteiger charge is 2.21. The van der Waals surface area contributed by atoms with Crippen molar-refractivity contribution in [2.24, 2.45) is 0 Å². The van der Waals surface area contributed by atoms with Gasteiger partial charge in [0.15, 0.2) is 5.13 Å². The van der Waals surface area contributed by atoms with Gasteiger partial charge >= 0.3 is 0 Å². The topological polar surface area (TPSA) is 57.7 Å². The second-order valence-corrected chi connectivity index (χ2v) is 7.96. The minimum Gasteiger partial charge on any atom is -0.495 e. The summed E-state index contributed by atoms with van der Waals surface area (Å²) in [7, 11) is 3.48. The summed E-state index contributed by atoms with van der Waals surface area (Å²) in [6.07, 6.45) is 0. The zero-order valence-electron chi connectivity index (χ0n) is 15.1. The number of carbonyl (C=O) groups is 1. The van der Waals surface area contributed by atoms with Gasteiger partial charge in [-0.3, -0.25) is 4.79 Å². The van der Waals surface area contributed by atoms with Crippen LogP contribution in [0.2, 0.25) is 0 Å². The Morgan fingerprint density at radius 2 is 2.07 bits per heavy atom. The Labute approximate surface area is 167 Å². The second-order valence-electron chi connectivity index (χ2n) is 6.42. The number of thiol groups is 1. The van der Waals surface area contributed by atoms with Crippen molar-refractivity contribution in [2.45, 2.75) is 4.90 Å². The average Bonchev–Trinajstić information content (AvgIpc) is 3.05. The smallest absolute Gasteiger partial charge is 0.241 e. The molecule has 0 unspecified atom stereocenters. The molecule has 27 heavy (non-hydrogen) atoms. The molecule has 8 heteroatoms. The number of ether oxygens (including phenoxy) is 1. The van der Waals surface area contributed by atoms with Gasteiger partial charge in [-0.25, -0.2) is 4.98 Å². The van der Waals surface area contributed by atoms with E-state index in [0.717, 1.165) is 50.5 Å². The van der Waals surface area contributed by atoms with Crippen LogP contribution in [0.4, 0.5) is 16.5 Å². The number of fused-ring (bicyclic) bond motifs is 1. The fourth-order valence-electron chi connectivity index (χ4n) is 3.05. The number of aromatic nitrogens is 1. The summed E-state index contributed by atoms with van der Waals surface area (Å²) in [5, 5.41) is 4.11. The van der Waals surface area contributed by atoms with Crippen molar-refractivity contribution >= 4 is 56.6 Å². The minimum absolute atomic E-state index is 0.140. The Kier molecular flexibility index (Phi) is 4.84. The first-order chi connectivity index (χ1) is 13.0. The monoisotopic (exact) mass is 400 g/mol. The maximum Gasteiger partial charge on any atom is 0.241 e. The molecule has 1 amide bonds. The Morgan fingerprint density at radius 3 is 2.85 bits per heavy atom. The molecule has 140 valence electrons. The van der Waals surface area contributed by atoms with Crippen LogP contribution in [0.3, 0.4) is 0 Å². The Bertz CT molecular complexity index is 1000. The molecule has 1 aliphatic heterocycles. The molecule has 1 aliphatic rings. The highest BCUT2D eigenvalue weighted by molar-refractivity contribution is 7.80. The summed E-state index contributed by atoms with van der Waals surface area (Å²) in [6.45, 7) is 1.97. The molecule has 2 aromatic carbocycles. The molecule has 0 radical (unpaired) electrons. The van der Waals surface area contributed by atoms with E-state index < -0.39 is 0 Å². The fourth-order valence-corrected chi connectivity index (χ4v) is 4.12. The number of carbonyl (C=O) groups excluding carboxylic acids is 1. The van der Waals surface area contributed by atoms with E-state index in [1.54, 1.807) is 23.3 Å². The van der Waals surface area contributed by atoms with Crippen molar-refractivity contribution in [1.82, 2.24) is 9.88 Å². The number of nitrogens with zero attached hydrogens (tertiary/aromatic N) is 3. The summed E-state index contributed by atoms with van der Waals surface area (Å²) in [6, 6.07) is 11.8. The number of hydrogen-bond acceptors (Lipinski definition) is 7. The van der Waals surface area contributed by atoms with E-state index in [9.17, 15) is 4.79 Å². The first-order valence-corrected chi connectivity index (χ1v) is 9.83. The number of likely N-dealkylation sites (N-methyl/N-ethyl adjacent to an activating group) is 1. The van der Waals surface area contributed by atoms with Gasteiger partial charge in [0.25, 0.3) is 0 Å². The fraction of sp³-hybridized carbons (Fsp3) is 0.263. The molecule has 0 saturated carbocycles. The molecule has 0 bridgehead atoms. The molecule has 4 rings (SSSR count). The largest absolute Gasteiger partial charge is 0.495 e. The van der Waals surface area contributed by atoms with Crippen molar-refractivity contribution in [3.05, 3.63) is 36.4 Å². The molecular weight excluding hydrogens is 380 g/mol. The Balaban J connectivity index is 1.60. The van der Waals surface area contributed by atoms with Crippen LogP contribution in [0.1, 0.15) is 0 Å². The van der Waals surface area contributed by atoms with E-state index in [1.165, 1.54) is 0 Å². The lowest BCUT2D eigenvalue weighted by Crippen LogP contribution is -2.48. The van der Waals surface area contributed by atoms with E-state index in [1.807, 2.05) is 31.3 Å². The van der Waals surface area contributed by atoms with Gasteiger partial charge in [0, 0.05) is 30.7 Å². The Morgan fingerprint density at radius 1 is 1.22 bits per heavy atom. The molecule has 0 atom stereocenters. The molecule has 1 N–H and O–H groups in total. The lowest BCUT2D eigenvalue weighted by molar-refractivity contribution is -0.129. The number of anilines is 3. The first kappa shape index (κ1) is 17.9. The molecule has 6 nitrogen and oxygen atoms in total. The summed E-state index contributed by atoms with van der Waals surface area (Å²) in [5.41, 5.74) is 2.76. The zero-order chi connectivity index (χ0) is 19.0. The maximum atomic E-state index is 12.0. The summed E-state index contributed by atoms with van der Waals surface area (Å²) in [4.78, 5) is 21.4. The van der Waals surface area contributed by atoms with Crippen LogP contribution in [-0.2, 0) is 4.79 Å². The highest BCUT2D eigenvalue weighted by Crippen LogP contribution is 2.35. The van der Waals surface area contributed by atoms with Crippen molar-refractivity contribution < 1.29 is 9.53 Å². The van der Waals surface area contributed by atoms with Crippen molar-refractivity contribution in [1.29, 1.82) is 0 Å². The van der Waals surface area contributed by atoms with E-state index in [0.29, 0.717) is 6.54 Å². The molecule has 0 aliphatic carbocycles. The number of benzene rings is 2. The second kappa shape index (κ2) is 7.28. The van der Waals surface area contributed by atoms with Crippen molar-refractivity contribution in [2.75, 3.05) is 44.0 Å². The normalized spacial score (nSPS) is 14.7. The Hall–Kier alpha value is -2.45. The lowest BCUT2D eigenvalue weighted by atomic mass is 10.2. The molecule has 3 aromatic rings. The van der Waals surface area contributed by atoms with Crippen molar-refractivity contribution in [3.63, 3.8) is 0 Å². The molecule has 1 aromatic heterocycles. The quantitative estimate of drug-likeness (QED) is 0.655. The summed E-state index contributed by atoms with van der Waals surface area (Å²) >= 11 is 5.97. The van der Waals surface area contributed by atoms with Crippen LogP contribution < -0.4 is 15.0 Å². The zero-order valence-corrected chi connectivity index (χ0v) is 16.8. The van der Waals surface area contributed by atoms with Crippen LogP contribution in [0.15, 0.2) is 41.3 Å². The van der Waals surface area contributed by atoms with Crippen LogP contribution >= 0.6 is 24.0 Å². The van der Waals surface area contributed by atoms with Crippen LogP contribution in [-0.4, -0.2) is 49.6 Å². The molecule has 1 fully saturated rings. The highest BCUT2D eigenvalue weighted by atomic mass is 32.1. The number of thiazole rings is 1. The lowest BCUT2D eigenvalue weighted by Gasteiger charge is -2.33. The van der Waals surface area contributed by atoms with Gasteiger partial charge in [0.1, 0.15) is 5.75 Å². The minimum atomic E-state index is 0.140. The van der Waals surface area contributed by atoms with Crippen LogP contribution in [0.25, 0.3) is 10.2 Å². The average molecular weight is 401 g/mol. The number of methoxy groups -OCH3 is 1. The number of amides is 1. The van der Waals surface area contributed by atoms with Gasteiger partial charge in [-0.15, -0.1) is 12.6 Å². The van der Waals surface area contributed by atoms with Crippen LogP contribution in [0.5, 0.6) is 5.75 Å². The third kappa shape index (κ3) is 3.68. The number of rotatable bonds is 4. The van der Waals surface area contributed by atoms with Gasteiger partial charge in [0.05, 0.1) is 29.6 Å². The van der Waals surface area contributed by atoms with E-state index in [-0.39, 0.29) is 5.91 Å². The molecule has 2 heterocycles. The third-order valence-electron chi connectivity index (χ3n) is 4.62. The predicted octanol–water partition coefficient (Wildman–Crippen LogP) is 3.62. The van der Waals surface area contributed by atoms with Gasteiger partial charge < -0.3 is 19.9 Å². The van der Waals surface area contributed by atoms with Gasteiger partial charge in [0.2, 0.25) is 5.91 Å². The molecule has 0 spiro atoms. The van der Waals surface area contributed by atoms with Gasteiger partial charge in [-0.1, -0.05) is 11.3 Å². The number of nitrogens with one attached hydrogen (secondary N) is 1. The van der Waals surface area contributed by atoms with Crippen molar-refractivity contribution in [3.8, 4) is 5.75 Å². The van der Waals surface area contributed by atoms with E-state index >= 15 is 0 Å². The van der Waals surface area contributed by atoms with Crippen LogP contribution in [0, 0.1) is 0 Å². The summed E-state index contributed by atoms with van der Waals surface area (Å²) < 4.78 is 6.49. The first-order valence-electron chi connectivity index (χ1n) is 8.57. The predicted molar refractivity (Wildman–Crippen MR) is 113 cm³/mol. The van der Waals surface area contributed by atoms with Gasteiger partial charge in [-0.05, 0) is 36.4 Å². The molecule has 1 saturated heterocycles. The van der Waals surface area contributed by atoms with E-state index in [4.69, 9.17) is 9.72 Å². The summed E-state index contributed by atoms with van der Waals surface area (Å²) in [5.74, 6) is 0.879. The number of piperazine rings is 1. The third-order valence-corrected chi connectivity index (χ3v) is 5.85. The number of hydrogen-bond donors (Lipinski definition) is 2. The maximum absolute atomic E-state index is 12.0. The van der Waals surface area contributed by atoms with Gasteiger partial charge in [-0.2, -0.15) is 0 Å². The molecular formula is C19H20N4O2S2. The standard InChI is InChI=1S/C19H20N4O2S2/c1-22-7-8-23(11-18(22)24)12-3-6-17-15(9-12)21-19(27-17)20-14-10-13(26)4-5-16(14)25-2/h3-6,9-10,26H,7-8,11H2,1-2H3,(H,20,21). The SMILES string of the molecule is COc1ccc(S)cc1Nc1nc2cc(N3CCN(C)C(=O)C3)ccc2s1. The van der Waals surface area contributed by atoms with E-state index in [2.05, 4.69) is 35.0 Å².